The number of sulfone groups is 1. The average Bonchev–Trinajstić information content (AvgIpc) is 3.15. The van der Waals surface area contributed by atoms with Crippen LogP contribution in [0, 0.1) is 17.1 Å². The standard InChI is InChI=1S/C21H23FN2O2S2/c1-27-21(16-6-10-20(22)17(11-16)13-23)24-18-7-3-15(12-18)14-4-8-19(9-5-14)28(2,25)26/h4-6,8-11,15,18,21,24H,3,7,12H2,1-2H3/t15-,18?,21+/m0/s1. The molecule has 0 heterocycles. The van der Waals surface area contributed by atoms with Gasteiger partial charge in [-0.2, -0.15) is 5.26 Å². The van der Waals surface area contributed by atoms with E-state index in [1.54, 1.807) is 36.0 Å². The number of nitrogens with one attached hydrogen (secondary N) is 1. The van der Waals surface area contributed by atoms with Crippen LogP contribution in [-0.4, -0.2) is 27.0 Å². The Balaban J connectivity index is 1.67. The van der Waals surface area contributed by atoms with Crippen LogP contribution in [0.15, 0.2) is 47.4 Å². The van der Waals surface area contributed by atoms with Crippen molar-refractivity contribution in [1.82, 2.24) is 5.32 Å². The van der Waals surface area contributed by atoms with Crippen LogP contribution < -0.4 is 5.32 Å². The molecule has 0 aromatic heterocycles. The Kier molecular flexibility index (Phi) is 6.43. The number of hydrogen-bond donors (Lipinski definition) is 1. The van der Waals surface area contributed by atoms with Crippen LogP contribution in [0.5, 0.6) is 0 Å². The fraction of sp³-hybridized carbons (Fsp3) is 0.381. The van der Waals surface area contributed by atoms with Crippen molar-refractivity contribution in [3.8, 4) is 6.07 Å². The summed E-state index contributed by atoms with van der Waals surface area (Å²) < 4.78 is 36.8. The second-order valence-corrected chi connectivity index (χ2v) is 10.1. The fourth-order valence-corrected chi connectivity index (χ4v) is 5.11. The summed E-state index contributed by atoms with van der Waals surface area (Å²) in [6, 6.07) is 14.1. The fourth-order valence-electron chi connectivity index (χ4n) is 3.73. The molecule has 0 spiro atoms. The van der Waals surface area contributed by atoms with Gasteiger partial charge in [0.2, 0.25) is 0 Å². The second-order valence-electron chi connectivity index (χ2n) is 7.18. The number of hydrogen-bond acceptors (Lipinski definition) is 5. The zero-order chi connectivity index (χ0) is 20.3. The molecule has 2 aromatic rings. The molecule has 0 bridgehead atoms. The van der Waals surface area contributed by atoms with E-state index in [4.69, 9.17) is 5.26 Å². The molecule has 0 radical (unpaired) electrons. The first-order chi connectivity index (χ1) is 13.3. The highest BCUT2D eigenvalue weighted by molar-refractivity contribution is 7.98. The van der Waals surface area contributed by atoms with Gasteiger partial charge in [-0.25, -0.2) is 12.8 Å². The predicted molar refractivity (Wildman–Crippen MR) is 110 cm³/mol. The van der Waals surface area contributed by atoms with E-state index < -0.39 is 15.7 Å². The topological polar surface area (TPSA) is 70.0 Å². The minimum Gasteiger partial charge on any atom is -0.299 e. The van der Waals surface area contributed by atoms with Crippen LogP contribution in [0.4, 0.5) is 4.39 Å². The number of nitrogens with zero attached hydrogens (tertiary/aromatic N) is 1. The van der Waals surface area contributed by atoms with Crippen molar-refractivity contribution in [2.45, 2.75) is 41.5 Å². The van der Waals surface area contributed by atoms with Crippen molar-refractivity contribution in [2.75, 3.05) is 12.5 Å². The minimum atomic E-state index is -3.18. The normalized spacial score (nSPS) is 20.6. The lowest BCUT2D eigenvalue weighted by Gasteiger charge is -2.22. The third-order valence-electron chi connectivity index (χ3n) is 5.25. The molecule has 2 aromatic carbocycles. The van der Waals surface area contributed by atoms with Crippen LogP contribution in [-0.2, 0) is 9.84 Å². The maximum absolute atomic E-state index is 13.6. The molecule has 148 valence electrons. The van der Waals surface area contributed by atoms with Crippen LogP contribution in [0.1, 0.15) is 47.2 Å². The van der Waals surface area contributed by atoms with E-state index in [1.807, 2.05) is 24.5 Å². The maximum atomic E-state index is 13.6. The van der Waals surface area contributed by atoms with E-state index >= 15 is 0 Å². The zero-order valence-electron chi connectivity index (χ0n) is 15.9. The van der Waals surface area contributed by atoms with Gasteiger partial charge in [0.05, 0.1) is 15.8 Å². The van der Waals surface area contributed by atoms with E-state index in [-0.39, 0.29) is 10.9 Å². The van der Waals surface area contributed by atoms with Crippen LogP contribution in [0.3, 0.4) is 0 Å². The van der Waals surface area contributed by atoms with Crippen molar-refractivity contribution in [1.29, 1.82) is 5.26 Å². The molecule has 7 heteroatoms. The van der Waals surface area contributed by atoms with E-state index in [1.165, 1.54) is 12.3 Å². The quantitative estimate of drug-likeness (QED) is 0.705. The predicted octanol–water partition coefficient (Wildman–Crippen LogP) is 4.39. The van der Waals surface area contributed by atoms with Crippen LogP contribution in [0.25, 0.3) is 0 Å². The smallest absolute Gasteiger partial charge is 0.175 e. The molecule has 3 rings (SSSR count). The highest BCUT2D eigenvalue weighted by Gasteiger charge is 2.28. The van der Waals surface area contributed by atoms with Gasteiger partial charge in [-0.05, 0) is 66.8 Å². The third-order valence-corrected chi connectivity index (χ3v) is 7.26. The first-order valence-corrected chi connectivity index (χ1v) is 12.3. The van der Waals surface area contributed by atoms with Crippen LogP contribution in [0.2, 0.25) is 0 Å². The molecule has 0 amide bonds. The Morgan fingerprint density at radius 3 is 2.54 bits per heavy atom. The van der Waals surface area contributed by atoms with Gasteiger partial charge in [-0.3, -0.25) is 5.32 Å². The zero-order valence-corrected chi connectivity index (χ0v) is 17.5. The summed E-state index contributed by atoms with van der Waals surface area (Å²) in [5.41, 5.74) is 2.12. The molecular formula is C21H23FN2O2S2. The van der Waals surface area contributed by atoms with Gasteiger partial charge < -0.3 is 0 Å². The Labute approximate surface area is 170 Å². The van der Waals surface area contributed by atoms with Crippen molar-refractivity contribution in [3.63, 3.8) is 0 Å². The summed E-state index contributed by atoms with van der Waals surface area (Å²) in [7, 11) is -3.18. The summed E-state index contributed by atoms with van der Waals surface area (Å²) in [6.45, 7) is 0. The van der Waals surface area contributed by atoms with Gasteiger partial charge in [0.1, 0.15) is 11.9 Å². The summed E-state index contributed by atoms with van der Waals surface area (Å²) in [6.07, 6.45) is 6.21. The molecule has 1 saturated carbocycles. The minimum absolute atomic E-state index is 0.0101. The lowest BCUT2D eigenvalue weighted by molar-refractivity contribution is 0.510. The van der Waals surface area contributed by atoms with E-state index in [2.05, 4.69) is 5.32 Å². The molecule has 1 fully saturated rings. The highest BCUT2D eigenvalue weighted by atomic mass is 32.2. The largest absolute Gasteiger partial charge is 0.299 e. The highest BCUT2D eigenvalue weighted by Crippen LogP contribution is 2.37. The number of rotatable bonds is 6. The van der Waals surface area contributed by atoms with Gasteiger partial charge in [0.15, 0.2) is 9.84 Å². The Hall–Kier alpha value is -1.88. The lowest BCUT2D eigenvalue weighted by atomic mass is 9.97. The SMILES string of the molecule is CS[C@@H](NC1CC[C@H](c2ccc(S(C)(=O)=O)cc2)C1)c1ccc(F)c(C#N)c1. The average molecular weight is 419 g/mol. The summed E-state index contributed by atoms with van der Waals surface area (Å²) >= 11 is 1.63. The molecule has 1 aliphatic carbocycles. The number of thioether (sulfide) groups is 1. The molecule has 1 unspecified atom stereocenters. The summed E-state index contributed by atoms with van der Waals surface area (Å²) in [5.74, 6) is -0.110. The van der Waals surface area contributed by atoms with Crippen LogP contribution >= 0.6 is 11.8 Å². The molecule has 3 atom stereocenters. The summed E-state index contributed by atoms with van der Waals surface area (Å²) in [5, 5.41) is 12.7. The number of halogens is 1. The monoisotopic (exact) mass is 418 g/mol. The Bertz CT molecular complexity index is 984. The number of nitriles is 1. The molecule has 1 N–H and O–H groups in total. The van der Waals surface area contributed by atoms with E-state index in [0.717, 1.165) is 30.4 Å². The summed E-state index contributed by atoms with van der Waals surface area (Å²) in [4.78, 5) is 0.343. The first-order valence-electron chi connectivity index (χ1n) is 9.10. The molecule has 0 saturated heterocycles. The first kappa shape index (κ1) is 20.8. The molecule has 28 heavy (non-hydrogen) atoms. The van der Waals surface area contributed by atoms with Crippen molar-refractivity contribution in [3.05, 3.63) is 65.0 Å². The van der Waals surface area contributed by atoms with Gasteiger partial charge in [0, 0.05) is 12.3 Å². The maximum Gasteiger partial charge on any atom is 0.175 e. The van der Waals surface area contributed by atoms with Crippen molar-refractivity contribution < 1.29 is 12.8 Å². The van der Waals surface area contributed by atoms with E-state index in [9.17, 15) is 12.8 Å². The Morgan fingerprint density at radius 2 is 1.93 bits per heavy atom. The lowest BCUT2D eigenvalue weighted by Crippen LogP contribution is -2.29. The van der Waals surface area contributed by atoms with Gasteiger partial charge >= 0.3 is 0 Å². The van der Waals surface area contributed by atoms with Crippen molar-refractivity contribution in [2.24, 2.45) is 0 Å². The van der Waals surface area contributed by atoms with Gasteiger partial charge in [-0.15, -0.1) is 11.8 Å². The Morgan fingerprint density at radius 1 is 1.21 bits per heavy atom. The molecule has 1 aliphatic rings. The van der Waals surface area contributed by atoms with Gasteiger partial charge in [-0.1, -0.05) is 18.2 Å². The van der Waals surface area contributed by atoms with Crippen molar-refractivity contribution >= 4 is 21.6 Å². The molecular weight excluding hydrogens is 395 g/mol. The molecule has 4 nitrogen and oxygen atoms in total. The second kappa shape index (κ2) is 8.64. The van der Waals surface area contributed by atoms with Gasteiger partial charge in [0.25, 0.3) is 0 Å². The number of benzene rings is 2. The third kappa shape index (κ3) is 4.75. The molecule has 0 aliphatic heterocycles. The van der Waals surface area contributed by atoms with E-state index in [0.29, 0.717) is 16.9 Å².